The number of fused-ring (bicyclic) bond motifs is 1. The molecule has 3 rings (SSSR count). The third-order valence-electron chi connectivity index (χ3n) is 3.50. The molecule has 0 aliphatic rings. The second kappa shape index (κ2) is 5.85. The Morgan fingerprint density at radius 3 is 2.41 bits per heavy atom. The Morgan fingerprint density at radius 2 is 1.68 bits per heavy atom. The summed E-state index contributed by atoms with van der Waals surface area (Å²) >= 11 is 0. The van der Waals surface area contributed by atoms with Crippen molar-refractivity contribution < 1.29 is 17.9 Å². The first-order valence-electron chi connectivity index (χ1n) is 6.88. The summed E-state index contributed by atoms with van der Waals surface area (Å²) < 4.78 is 41.8. The van der Waals surface area contributed by atoms with Crippen molar-refractivity contribution in [2.24, 2.45) is 0 Å². The highest BCUT2D eigenvalue weighted by atomic mass is 19.4. The largest absolute Gasteiger partial charge is 0.522 e. The smallest absolute Gasteiger partial charge is 0.345 e. The van der Waals surface area contributed by atoms with Gasteiger partial charge in [0.2, 0.25) is 0 Å². The lowest BCUT2D eigenvalue weighted by atomic mass is 10.0. The average Bonchev–Trinajstić information content (AvgIpc) is 2.90. The number of halogens is 3. The Hall–Kier alpha value is -2.27. The Balaban J connectivity index is 1.89. The fourth-order valence-electron chi connectivity index (χ4n) is 2.55. The van der Waals surface area contributed by atoms with E-state index in [1.807, 2.05) is 54.6 Å². The zero-order valence-electron chi connectivity index (χ0n) is 11.7. The Labute approximate surface area is 125 Å². The van der Waals surface area contributed by atoms with Gasteiger partial charge in [-0.2, -0.15) is 0 Å². The van der Waals surface area contributed by atoms with Crippen LogP contribution in [0.2, 0.25) is 0 Å². The number of benzene rings is 2. The van der Waals surface area contributed by atoms with E-state index in [1.54, 1.807) is 10.8 Å². The van der Waals surface area contributed by atoms with Gasteiger partial charge >= 0.3 is 6.36 Å². The highest BCUT2D eigenvalue weighted by Gasteiger charge is 2.28. The van der Waals surface area contributed by atoms with Crippen LogP contribution in [0.1, 0.15) is 0 Å². The van der Waals surface area contributed by atoms with Crippen molar-refractivity contribution in [3.8, 4) is 11.1 Å². The molecule has 0 amide bonds. The molecule has 0 unspecified atom stereocenters. The van der Waals surface area contributed by atoms with Crippen LogP contribution in [-0.2, 0) is 11.3 Å². The second-order valence-corrected chi connectivity index (χ2v) is 4.91. The molecule has 0 bridgehead atoms. The van der Waals surface area contributed by atoms with Crippen LogP contribution in [-0.4, -0.2) is 17.5 Å². The van der Waals surface area contributed by atoms with Gasteiger partial charge in [-0.3, -0.25) is 4.74 Å². The molecule has 0 saturated heterocycles. The molecule has 2 nitrogen and oxygen atoms in total. The summed E-state index contributed by atoms with van der Waals surface area (Å²) in [6, 6.07) is 17.6. The molecular formula is C17H14F3NO. The standard InChI is InChI=1S/C17H14F3NO/c18-17(19,20)22-12-11-21-10-9-15-14(7-4-8-16(15)21)13-5-2-1-3-6-13/h1-10H,11-12H2. The summed E-state index contributed by atoms with van der Waals surface area (Å²) in [5.41, 5.74) is 3.04. The van der Waals surface area contributed by atoms with Crippen molar-refractivity contribution in [1.29, 1.82) is 0 Å². The summed E-state index contributed by atoms with van der Waals surface area (Å²) in [5.74, 6) is 0. The molecule has 0 aliphatic heterocycles. The van der Waals surface area contributed by atoms with Gasteiger partial charge < -0.3 is 4.57 Å². The Morgan fingerprint density at radius 1 is 0.909 bits per heavy atom. The maximum atomic E-state index is 12.1. The maximum Gasteiger partial charge on any atom is 0.522 e. The zero-order chi connectivity index (χ0) is 15.6. The number of aromatic nitrogens is 1. The number of nitrogens with zero attached hydrogens (tertiary/aromatic N) is 1. The summed E-state index contributed by atoms with van der Waals surface area (Å²) in [6.07, 6.45) is -2.80. The van der Waals surface area contributed by atoms with Gasteiger partial charge in [-0.25, -0.2) is 0 Å². The maximum absolute atomic E-state index is 12.1. The number of alkyl halides is 3. The molecule has 0 fully saturated rings. The molecule has 0 radical (unpaired) electrons. The summed E-state index contributed by atoms with van der Waals surface area (Å²) in [5, 5.41) is 1.01. The molecule has 0 atom stereocenters. The van der Waals surface area contributed by atoms with E-state index in [0.29, 0.717) is 0 Å². The van der Waals surface area contributed by atoms with Crippen LogP contribution >= 0.6 is 0 Å². The molecule has 22 heavy (non-hydrogen) atoms. The topological polar surface area (TPSA) is 14.2 Å². The molecule has 5 heteroatoms. The lowest BCUT2D eigenvalue weighted by Crippen LogP contribution is -2.17. The molecule has 1 aromatic heterocycles. The van der Waals surface area contributed by atoms with Gasteiger partial charge in [0.05, 0.1) is 6.61 Å². The lowest BCUT2D eigenvalue weighted by molar-refractivity contribution is -0.325. The molecule has 3 aromatic rings. The molecule has 114 valence electrons. The van der Waals surface area contributed by atoms with Gasteiger partial charge in [-0.15, -0.1) is 13.2 Å². The van der Waals surface area contributed by atoms with Gasteiger partial charge in [0.25, 0.3) is 0 Å². The van der Waals surface area contributed by atoms with Gasteiger partial charge in [-0.05, 0) is 23.3 Å². The van der Waals surface area contributed by atoms with Crippen LogP contribution in [0, 0.1) is 0 Å². The van der Waals surface area contributed by atoms with Crippen LogP contribution in [0.4, 0.5) is 13.2 Å². The van der Waals surface area contributed by atoms with Gasteiger partial charge in [0, 0.05) is 23.6 Å². The van der Waals surface area contributed by atoms with Crippen molar-refractivity contribution in [3.63, 3.8) is 0 Å². The molecule has 0 aliphatic carbocycles. The lowest BCUT2D eigenvalue weighted by Gasteiger charge is -2.10. The fraction of sp³-hybridized carbons (Fsp3) is 0.176. The van der Waals surface area contributed by atoms with Crippen LogP contribution < -0.4 is 0 Å². The van der Waals surface area contributed by atoms with Crippen molar-refractivity contribution in [3.05, 3.63) is 60.8 Å². The van der Waals surface area contributed by atoms with Crippen LogP contribution in [0.3, 0.4) is 0 Å². The number of hydrogen-bond acceptors (Lipinski definition) is 1. The van der Waals surface area contributed by atoms with E-state index < -0.39 is 13.0 Å². The minimum Gasteiger partial charge on any atom is -0.345 e. The van der Waals surface area contributed by atoms with Gasteiger partial charge in [0.15, 0.2) is 0 Å². The van der Waals surface area contributed by atoms with Crippen LogP contribution in [0.25, 0.3) is 22.0 Å². The minimum absolute atomic E-state index is 0.154. The Bertz CT molecular complexity index is 762. The first kappa shape index (κ1) is 14.7. The quantitative estimate of drug-likeness (QED) is 0.672. The monoisotopic (exact) mass is 305 g/mol. The van der Waals surface area contributed by atoms with E-state index in [2.05, 4.69) is 4.74 Å². The van der Waals surface area contributed by atoms with E-state index >= 15 is 0 Å². The van der Waals surface area contributed by atoms with E-state index in [1.165, 1.54) is 0 Å². The predicted octanol–water partition coefficient (Wildman–Crippen LogP) is 4.84. The van der Waals surface area contributed by atoms with Crippen LogP contribution in [0.5, 0.6) is 0 Å². The highest BCUT2D eigenvalue weighted by molar-refractivity contribution is 5.95. The fourth-order valence-corrected chi connectivity index (χ4v) is 2.55. The van der Waals surface area contributed by atoms with Crippen molar-refractivity contribution in [1.82, 2.24) is 4.57 Å². The van der Waals surface area contributed by atoms with Gasteiger partial charge in [-0.1, -0.05) is 42.5 Å². The van der Waals surface area contributed by atoms with Crippen LogP contribution in [0.15, 0.2) is 60.8 Å². The molecular weight excluding hydrogens is 291 g/mol. The SMILES string of the molecule is FC(F)(F)OCCn1ccc2c(-c3ccccc3)cccc21. The minimum atomic E-state index is -4.59. The molecule has 1 heterocycles. The molecule has 0 N–H and O–H groups in total. The molecule has 0 saturated carbocycles. The molecule has 0 spiro atoms. The van der Waals surface area contributed by atoms with E-state index in [0.717, 1.165) is 22.0 Å². The first-order chi connectivity index (χ1) is 10.5. The number of hydrogen-bond donors (Lipinski definition) is 0. The zero-order valence-corrected chi connectivity index (χ0v) is 11.7. The average molecular weight is 305 g/mol. The van der Waals surface area contributed by atoms with Crippen molar-refractivity contribution in [2.75, 3.05) is 6.61 Å². The van der Waals surface area contributed by atoms with Crippen molar-refractivity contribution >= 4 is 10.9 Å². The molecule has 2 aromatic carbocycles. The summed E-state index contributed by atoms with van der Waals surface area (Å²) in [6.45, 7) is -0.246. The third-order valence-corrected chi connectivity index (χ3v) is 3.50. The summed E-state index contributed by atoms with van der Waals surface area (Å²) in [7, 11) is 0. The van der Waals surface area contributed by atoms with E-state index in [4.69, 9.17) is 0 Å². The number of ether oxygens (including phenoxy) is 1. The predicted molar refractivity (Wildman–Crippen MR) is 79.4 cm³/mol. The van der Waals surface area contributed by atoms with E-state index in [9.17, 15) is 13.2 Å². The third kappa shape index (κ3) is 3.14. The highest BCUT2D eigenvalue weighted by Crippen LogP contribution is 2.29. The van der Waals surface area contributed by atoms with Crippen molar-refractivity contribution in [2.45, 2.75) is 12.9 Å². The number of rotatable bonds is 4. The van der Waals surface area contributed by atoms with Gasteiger partial charge in [0.1, 0.15) is 0 Å². The first-order valence-corrected chi connectivity index (χ1v) is 6.88. The second-order valence-electron chi connectivity index (χ2n) is 4.91. The normalized spacial score (nSPS) is 12.0. The summed E-state index contributed by atoms with van der Waals surface area (Å²) in [4.78, 5) is 0. The van der Waals surface area contributed by atoms with E-state index in [-0.39, 0.29) is 6.54 Å². The Kier molecular flexibility index (Phi) is 3.90.